The molecule has 0 saturated carbocycles. The van der Waals surface area contributed by atoms with Crippen LogP contribution in [-0.4, -0.2) is 15.7 Å². The summed E-state index contributed by atoms with van der Waals surface area (Å²) in [6.45, 7) is 0. The molecule has 1 saturated heterocycles. The number of hydrogen-bond donors (Lipinski definition) is 0. The number of rotatable bonds is 3. The molecule has 146 valence electrons. The van der Waals surface area contributed by atoms with E-state index < -0.39 is 22.9 Å². The molecule has 1 aromatic heterocycles. The van der Waals surface area contributed by atoms with Gasteiger partial charge >= 0.3 is 6.18 Å². The Balaban J connectivity index is 1.69. The molecule has 0 radical (unpaired) electrons. The standard InChI is InChI=1S/C21H13F3N2O2S/c22-21(23,24)14-6-4-9-16(12-14)25-11-5-10-17(25)13-18-19(27)26(20(28)29-18)15-7-2-1-3-8-15/h1-13H/b18-13+. The van der Waals surface area contributed by atoms with Crippen molar-refractivity contribution in [2.24, 2.45) is 0 Å². The lowest BCUT2D eigenvalue weighted by molar-refractivity contribution is -0.137. The van der Waals surface area contributed by atoms with Crippen LogP contribution in [0, 0.1) is 0 Å². The first-order valence-electron chi connectivity index (χ1n) is 8.52. The Hall–Kier alpha value is -3.26. The molecule has 0 unspecified atom stereocenters. The summed E-state index contributed by atoms with van der Waals surface area (Å²) < 4.78 is 40.6. The van der Waals surface area contributed by atoms with Gasteiger partial charge in [0, 0.05) is 17.6 Å². The van der Waals surface area contributed by atoms with Crippen molar-refractivity contribution in [2.75, 3.05) is 4.90 Å². The minimum absolute atomic E-state index is 0.200. The number of carbonyl (C=O) groups excluding carboxylic acids is 2. The van der Waals surface area contributed by atoms with E-state index in [1.165, 1.54) is 16.7 Å². The molecule has 2 amide bonds. The van der Waals surface area contributed by atoms with E-state index in [0.29, 0.717) is 17.1 Å². The number of para-hydroxylation sites is 1. The highest BCUT2D eigenvalue weighted by atomic mass is 32.2. The van der Waals surface area contributed by atoms with E-state index in [4.69, 9.17) is 0 Å². The highest BCUT2D eigenvalue weighted by Gasteiger charge is 2.36. The Bertz CT molecular complexity index is 1120. The van der Waals surface area contributed by atoms with Crippen LogP contribution >= 0.6 is 11.8 Å². The van der Waals surface area contributed by atoms with Crippen molar-refractivity contribution in [1.29, 1.82) is 0 Å². The fourth-order valence-corrected chi connectivity index (χ4v) is 3.81. The van der Waals surface area contributed by atoms with Crippen LogP contribution in [-0.2, 0) is 11.0 Å². The van der Waals surface area contributed by atoms with Gasteiger partial charge in [-0.2, -0.15) is 13.2 Å². The van der Waals surface area contributed by atoms with Crippen LogP contribution in [0.1, 0.15) is 11.3 Å². The van der Waals surface area contributed by atoms with Crippen LogP contribution in [0.4, 0.5) is 23.7 Å². The van der Waals surface area contributed by atoms with Gasteiger partial charge in [-0.05, 0) is 60.3 Å². The zero-order valence-corrected chi connectivity index (χ0v) is 15.6. The number of anilines is 1. The number of hydrogen-bond acceptors (Lipinski definition) is 3. The highest BCUT2D eigenvalue weighted by molar-refractivity contribution is 8.19. The van der Waals surface area contributed by atoms with Crippen molar-refractivity contribution in [3.8, 4) is 5.69 Å². The molecule has 4 rings (SSSR count). The van der Waals surface area contributed by atoms with E-state index in [-0.39, 0.29) is 4.91 Å². The average Bonchev–Trinajstić information content (AvgIpc) is 3.26. The molecule has 29 heavy (non-hydrogen) atoms. The van der Waals surface area contributed by atoms with Crippen molar-refractivity contribution >= 4 is 34.7 Å². The SMILES string of the molecule is O=C1S/C(=C/c2cccn2-c2cccc(C(F)(F)F)c2)C(=O)N1c1ccccc1. The van der Waals surface area contributed by atoms with Gasteiger partial charge in [0.25, 0.3) is 11.1 Å². The molecular formula is C21H13F3N2O2S. The molecule has 0 bridgehead atoms. The first-order valence-corrected chi connectivity index (χ1v) is 9.34. The normalized spacial score (nSPS) is 16.1. The molecule has 1 aliphatic heterocycles. The van der Waals surface area contributed by atoms with Crippen molar-refractivity contribution in [3.63, 3.8) is 0 Å². The first-order chi connectivity index (χ1) is 13.8. The van der Waals surface area contributed by atoms with Crippen molar-refractivity contribution in [3.05, 3.63) is 89.1 Å². The molecule has 3 aromatic rings. The van der Waals surface area contributed by atoms with Crippen molar-refractivity contribution < 1.29 is 22.8 Å². The van der Waals surface area contributed by atoms with Crippen molar-refractivity contribution in [1.82, 2.24) is 4.57 Å². The summed E-state index contributed by atoms with van der Waals surface area (Å²) in [6, 6.07) is 16.8. The monoisotopic (exact) mass is 414 g/mol. The van der Waals surface area contributed by atoms with Gasteiger partial charge in [0.15, 0.2) is 0 Å². The third-order valence-corrected chi connectivity index (χ3v) is 5.19. The van der Waals surface area contributed by atoms with Gasteiger partial charge < -0.3 is 4.57 Å². The first kappa shape index (κ1) is 19.1. The summed E-state index contributed by atoms with van der Waals surface area (Å²) in [4.78, 5) is 26.3. The van der Waals surface area contributed by atoms with E-state index in [9.17, 15) is 22.8 Å². The lowest BCUT2D eigenvalue weighted by atomic mass is 10.2. The molecule has 4 nitrogen and oxygen atoms in total. The summed E-state index contributed by atoms with van der Waals surface area (Å²) in [5.74, 6) is -0.469. The van der Waals surface area contributed by atoms with Crippen molar-refractivity contribution in [2.45, 2.75) is 6.18 Å². The molecular weight excluding hydrogens is 401 g/mol. The zero-order chi connectivity index (χ0) is 20.6. The molecule has 0 spiro atoms. The van der Waals surface area contributed by atoms with E-state index in [1.807, 2.05) is 0 Å². The van der Waals surface area contributed by atoms with Crippen LogP contribution in [0.25, 0.3) is 11.8 Å². The van der Waals surface area contributed by atoms with Crippen LogP contribution in [0.3, 0.4) is 0 Å². The zero-order valence-electron chi connectivity index (χ0n) is 14.8. The van der Waals surface area contributed by atoms with Crippen LogP contribution in [0.5, 0.6) is 0 Å². The molecule has 0 aliphatic carbocycles. The molecule has 8 heteroatoms. The van der Waals surface area contributed by atoms with Crippen LogP contribution < -0.4 is 4.90 Å². The Labute approximate surface area is 168 Å². The molecule has 2 heterocycles. The quantitative estimate of drug-likeness (QED) is 0.514. The maximum Gasteiger partial charge on any atom is 0.416 e. The lowest BCUT2D eigenvalue weighted by Crippen LogP contribution is -2.27. The number of amides is 2. The summed E-state index contributed by atoms with van der Waals surface area (Å²) in [7, 11) is 0. The number of alkyl halides is 3. The second-order valence-electron chi connectivity index (χ2n) is 6.20. The smallest absolute Gasteiger partial charge is 0.317 e. The summed E-state index contributed by atoms with van der Waals surface area (Å²) in [5, 5.41) is -0.426. The van der Waals surface area contributed by atoms with Crippen LogP contribution in [0.15, 0.2) is 77.8 Å². The second kappa shape index (κ2) is 7.29. The van der Waals surface area contributed by atoms with Gasteiger partial charge in [-0.1, -0.05) is 24.3 Å². The number of aromatic nitrogens is 1. The van der Waals surface area contributed by atoms with E-state index in [0.717, 1.165) is 28.8 Å². The summed E-state index contributed by atoms with van der Waals surface area (Å²) in [6.07, 6.45) is -1.35. The Morgan fingerprint density at radius 2 is 1.59 bits per heavy atom. The molecule has 1 fully saturated rings. The number of thioether (sulfide) groups is 1. The fourth-order valence-electron chi connectivity index (χ4n) is 2.98. The number of imide groups is 1. The van der Waals surface area contributed by atoms with Gasteiger partial charge in [-0.25, -0.2) is 4.90 Å². The minimum Gasteiger partial charge on any atom is -0.317 e. The van der Waals surface area contributed by atoms with Crippen LogP contribution in [0.2, 0.25) is 0 Å². The Morgan fingerprint density at radius 1 is 0.862 bits per heavy atom. The van der Waals surface area contributed by atoms with E-state index in [1.54, 1.807) is 54.7 Å². The lowest BCUT2D eigenvalue weighted by Gasteiger charge is -2.12. The molecule has 0 N–H and O–H groups in total. The predicted octanol–water partition coefficient (Wildman–Crippen LogP) is 5.74. The topological polar surface area (TPSA) is 42.3 Å². The van der Waals surface area contributed by atoms with Gasteiger partial charge in [-0.3, -0.25) is 9.59 Å². The van der Waals surface area contributed by atoms with Gasteiger partial charge in [0.05, 0.1) is 16.2 Å². The Kier molecular flexibility index (Phi) is 4.79. The summed E-state index contributed by atoms with van der Waals surface area (Å²) in [5.41, 5.74) is 0.493. The van der Waals surface area contributed by atoms with Gasteiger partial charge in [0.1, 0.15) is 0 Å². The largest absolute Gasteiger partial charge is 0.416 e. The maximum absolute atomic E-state index is 13.0. The number of carbonyl (C=O) groups is 2. The van der Waals surface area contributed by atoms with E-state index in [2.05, 4.69) is 0 Å². The van der Waals surface area contributed by atoms with Gasteiger partial charge in [-0.15, -0.1) is 0 Å². The number of nitrogens with zero attached hydrogens (tertiary/aromatic N) is 2. The predicted molar refractivity (Wildman–Crippen MR) is 106 cm³/mol. The summed E-state index contributed by atoms with van der Waals surface area (Å²) >= 11 is 0.791. The third-order valence-electron chi connectivity index (χ3n) is 4.32. The molecule has 2 aromatic carbocycles. The maximum atomic E-state index is 13.0. The highest BCUT2D eigenvalue weighted by Crippen LogP contribution is 2.36. The Morgan fingerprint density at radius 3 is 2.31 bits per heavy atom. The number of halogens is 3. The fraction of sp³-hybridized carbons (Fsp3) is 0.0476. The number of benzene rings is 2. The molecule has 1 aliphatic rings. The van der Waals surface area contributed by atoms with Gasteiger partial charge in [0.2, 0.25) is 0 Å². The minimum atomic E-state index is -4.46. The second-order valence-corrected chi connectivity index (χ2v) is 7.20. The van der Waals surface area contributed by atoms with E-state index >= 15 is 0 Å². The third kappa shape index (κ3) is 3.71. The average molecular weight is 414 g/mol. The molecule has 0 atom stereocenters.